The summed E-state index contributed by atoms with van der Waals surface area (Å²) in [6.45, 7) is 5.15. The first-order valence-electron chi connectivity index (χ1n) is 9.55. The van der Waals surface area contributed by atoms with E-state index in [1.54, 1.807) is 0 Å². The Balaban J connectivity index is 2.18. The Kier molecular flexibility index (Phi) is 6.25. The molecule has 0 aromatic heterocycles. The fourth-order valence-corrected chi connectivity index (χ4v) is 3.83. The van der Waals surface area contributed by atoms with E-state index in [-0.39, 0.29) is 11.5 Å². The van der Waals surface area contributed by atoms with Crippen LogP contribution in [0.25, 0.3) is 0 Å². The first-order chi connectivity index (χ1) is 12.8. The fraction of sp³-hybridized carbons (Fsp3) is 0.280. The second kappa shape index (κ2) is 8.82. The number of benzene rings is 3. The van der Waals surface area contributed by atoms with Gasteiger partial charge in [-0.05, 0) is 36.5 Å². The van der Waals surface area contributed by atoms with E-state index in [1.807, 2.05) is 0 Å². The standard InChI is InChI=1S/C25H28O/c1-3-19-26-21(2)20-25(22-13-7-4-8-14-22,23-15-9-5-10-16-23)24-17-11-6-12-18-24/h4-18,21H,3,19-20H2,1-2H3/t21-/m1/s1. The van der Waals surface area contributed by atoms with Crippen molar-refractivity contribution >= 4 is 0 Å². The summed E-state index contributed by atoms with van der Waals surface area (Å²) >= 11 is 0. The van der Waals surface area contributed by atoms with E-state index in [0.717, 1.165) is 19.4 Å². The molecule has 3 aromatic carbocycles. The van der Waals surface area contributed by atoms with E-state index in [2.05, 4.69) is 105 Å². The third-order valence-electron chi connectivity index (χ3n) is 5.00. The van der Waals surface area contributed by atoms with Crippen molar-refractivity contribution in [3.63, 3.8) is 0 Å². The average Bonchev–Trinajstić information content (AvgIpc) is 2.72. The van der Waals surface area contributed by atoms with Crippen LogP contribution in [0.15, 0.2) is 91.0 Å². The molecule has 0 bridgehead atoms. The maximum Gasteiger partial charge on any atom is 0.0562 e. The van der Waals surface area contributed by atoms with E-state index >= 15 is 0 Å². The number of hydrogen-bond acceptors (Lipinski definition) is 1. The second-order valence-electron chi connectivity index (χ2n) is 6.89. The molecule has 0 aliphatic rings. The van der Waals surface area contributed by atoms with Gasteiger partial charge in [0.15, 0.2) is 0 Å². The van der Waals surface area contributed by atoms with Crippen molar-refractivity contribution in [3.8, 4) is 0 Å². The van der Waals surface area contributed by atoms with Crippen LogP contribution in [0.2, 0.25) is 0 Å². The van der Waals surface area contributed by atoms with Crippen molar-refractivity contribution in [1.29, 1.82) is 0 Å². The van der Waals surface area contributed by atoms with Gasteiger partial charge in [0.25, 0.3) is 0 Å². The van der Waals surface area contributed by atoms with Crippen molar-refractivity contribution < 1.29 is 4.74 Å². The summed E-state index contributed by atoms with van der Waals surface area (Å²) in [5.41, 5.74) is 3.70. The molecule has 26 heavy (non-hydrogen) atoms. The van der Waals surface area contributed by atoms with Gasteiger partial charge in [0.05, 0.1) is 6.10 Å². The molecule has 0 aliphatic heterocycles. The lowest BCUT2D eigenvalue weighted by atomic mass is 9.66. The summed E-state index contributed by atoms with van der Waals surface area (Å²) in [7, 11) is 0. The number of hydrogen-bond donors (Lipinski definition) is 0. The SMILES string of the molecule is CCCO[C@H](C)CC(c1ccccc1)(c1ccccc1)c1ccccc1. The lowest BCUT2D eigenvalue weighted by Crippen LogP contribution is -2.34. The minimum atomic E-state index is -0.225. The molecule has 3 aromatic rings. The van der Waals surface area contributed by atoms with Crippen molar-refractivity contribution in [3.05, 3.63) is 108 Å². The van der Waals surface area contributed by atoms with Crippen LogP contribution in [-0.2, 0) is 10.2 Å². The van der Waals surface area contributed by atoms with Crippen LogP contribution in [0.4, 0.5) is 0 Å². The molecule has 0 fully saturated rings. The predicted octanol–water partition coefficient (Wildman–Crippen LogP) is 6.23. The van der Waals surface area contributed by atoms with Gasteiger partial charge in [-0.15, -0.1) is 0 Å². The molecule has 3 rings (SSSR count). The molecule has 0 saturated heterocycles. The Morgan fingerprint density at radius 2 is 1.08 bits per heavy atom. The lowest BCUT2D eigenvalue weighted by molar-refractivity contribution is 0.0517. The number of ether oxygens (including phenoxy) is 1. The summed E-state index contributed by atoms with van der Waals surface area (Å²) < 4.78 is 6.11. The van der Waals surface area contributed by atoms with Crippen LogP contribution >= 0.6 is 0 Å². The van der Waals surface area contributed by atoms with E-state index in [1.165, 1.54) is 16.7 Å². The molecule has 134 valence electrons. The molecule has 0 heterocycles. The highest BCUT2D eigenvalue weighted by molar-refractivity contribution is 5.50. The fourth-order valence-electron chi connectivity index (χ4n) is 3.83. The molecule has 1 heteroatoms. The van der Waals surface area contributed by atoms with Crippen molar-refractivity contribution in [2.45, 2.75) is 38.2 Å². The third kappa shape index (κ3) is 3.89. The highest BCUT2D eigenvalue weighted by atomic mass is 16.5. The monoisotopic (exact) mass is 344 g/mol. The maximum absolute atomic E-state index is 6.11. The topological polar surface area (TPSA) is 9.23 Å². The maximum atomic E-state index is 6.11. The van der Waals surface area contributed by atoms with Gasteiger partial charge in [-0.3, -0.25) is 0 Å². The Bertz CT molecular complexity index is 668. The van der Waals surface area contributed by atoms with Crippen molar-refractivity contribution in [2.24, 2.45) is 0 Å². The largest absolute Gasteiger partial charge is 0.378 e. The van der Waals surface area contributed by atoms with Gasteiger partial charge in [-0.2, -0.15) is 0 Å². The zero-order valence-electron chi connectivity index (χ0n) is 15.8. The molecular formula is C25H28O. The average molecular weight is 344 g/mol. The zero-order chi connectivity index (χ0) is 18.2. The quantitative estimate of drug-likeness (QED) is 0.440. The Labute approximate surface area is 157 Å². The molecule has 0 unspecified atom stereocenters. The number of rotatable bonds is 8. The van der Waals surface area contributed by atoms with Crippen LogP contribution < -0.4 is 0 Å². The predicted molar refractivity (Wildman–Crippen MR) is 110 cm³/mol. The zero-order valence-corrected chi connectivity index (χ0v) is 15.8. The van der Waals surface area contributed by atoms with E-state index in [4.69, 9.17) is 4.74 Å². The van der Waals surface area contributed by atoms with Gasteiger partial charge in [0, 0.05) is 12.0 Å². The summed E-state index contributed by atoms with van der Waals surface area (Å²) in [6, 6.07) is 32.5. The molecule has 1 nitrogen and oxygen atoms in total. The Hall–Kier alpha value is -2.38. The van der Waals surface area contributed by atoms with E-state index in [9.17, 15) is 0 Å². The summed E-state index contributed by atoms with van der Waals surface area (Å²) in [4.78, 5) is 0. The molecular weight excluding hydrogens is 316 g/mol. The molecule has 0 N–H and O–H groups in total. The van der Waals surface area contributed by atoms with Crippen LogP contribution in [0.3, 0.4) is 0 Å². The Morgan fingerprint density at radius 1 is 0.692 bits per heavy atom. The third-order valence-corrected chi connectivity index (χ3v) is 5.00. The van der Waals surface area contributed by atoms with Crippen LogP contribution in [0.1, 0.15) is 43.4 Å². The normalized spacial score (nSPS) is 12.7. The summed E-state index contributed by atoms with van der Waals surface area (Å²) in [6.07, 6.45) is 2.11. The summed E-state index contributed by atoms with van der Waals surface area (Å²) in [5, 5.41) is 0. The van der Waals surface area contributed by atoms with Gasteiger partial charge in [0.1, 0.15) is 0 Å². The molecule has 0 amide bonds. The molecule has 0 saturated carbocycles. The van der Waals surface area contributed by atoms with E-state index < -0.39 is 0 Å². The first-order valence-corrected chi connectivity index (χ1v) is 9.55. The molecule has 1 atom stereocenters. The second-order valence-corrected chi connectivity index (χ2v) is 6.89. The minimum absolute atomic E-state index is 0.163. The van der Waals surface area contributed by atoms with Crippen molar-refractivity contribution in [1.82, 2.24) is 0 Å². The molecule has 0 radical (unpaired) electrons. The van der Waals surface area contributed by atoms with Crippen LogP contribution in [0, 0.1) is 0 Å². The van der Waals surface area contributed by atoms with Gasteiger partial charge in [-0.25, -0.2) is 0 Å². The summed E-state index contributed by atoms with van der Waals surface area (Å²) in [5.74, 6) is 0. The highest BCUT2D eigenvalue weighted by Gasteiger charge is 2.37. The van der Waals surface area contributed by atoms with Gasteiger partial charge >= 0.3 is 0 Å². The van der Waals surface area contributed by atoms with E-state index in [0.29, 0.717) is 0 Å². The minimum Gasteiger partial charge on any atom is -0.378 e. The van der Waals surface area contributed by atoms with Crippen molar-refractivity contribution in [2.75, 3.05) is 6.61 Å². The van der Waals surface area contributed by atoms with Gasteiger partial charge in [0.2, 0.25) is 0 Å². The highest BCUT2D eigenvalue weighted by Crippen LogP contribution is 2.43. The molecule has 0 aliphatic carbocycles. The Morgan fingerprint density at radius 3 is 1.42 bits per heavy atom. The van der Waals surface area contributed by atoms with Gasteiger partial charge < -0.3 is 4.74 Å². The lowest BCUT2D eigenvalue weighted by Gasteiger charge is -2.38. The van der Waals surface area contributed by atoms with Crippen LogP contribution in [0.5, 0.6) is 0 Å². The molecule has 0 spiro atoms. The first kappa shape index (κ1) is 18.4. The van der Waals surface area contributed by atoms with Gasteiger partial charge in [-0.1, -0.05) is 97.9 Å². The van der Waals surface area contributed by atoms with Crippen LogP contribution in [-0.4, -0.2) is 12.7 Å². The smallest absolute Gasteiger partial charge is 0.0562 e.